The molecular weight excluding hydrogens is 424 g/mol. The summed E-state index contributed by atoms with van der Waals surface area (Å²) < 4.78 is 0. The summed E-state index contributed by atoms with van der Waals surface area (Å²) in [5.41, 5.74) is 3.27. The number of rotatable bonds is 9. The number of hydrogen-bond acceptors (Lipinski definition) is 4. The SMILES string of the molecule is Cc1cccc(NC(=O)C(Sc2ccc(NC(=O)CCC(=O)O)cc2)c2ccccc2)c1. The van der Waals surface area contributed by atoms with Gasteiger partial charge in [-0.3, -0.25) is 14.4 Å². The summed E-state index contributed by atoms with van der Waals surface area (Å²) in [5, 5.41) is 13.9. The Bertz CT molecular complexity index is 1080. The molecule has 7 heteroatoms. The molecule has 0 saturated heterocycles. The minimum atomic E-state index is -1.01. The molecule has 0 heterocycles. The van der Waals surface area contributed by atoms with Gasteiger partial charge in [0.15, 0.2) is 0 Å². The second-order valence-electron chi connectivity index (χ2n) is 7.23. The van der Waals surface area contributed by atoms with E-state index in [1.54, 1.807) is 12.1 Å². The molecule has 0 radical (unpaired) electrons. The highest BCUT2D eigenvalue weighted by Crippen LogP contribution is 2.36. The van der Waals surface area contributed by atoms with E-state index in [1.165, 1.54) is 11.8 Å². The van der Waals surface area contributed by atoms with Crippen molar-refractivity contribution < 1.29 is 19.5 Å². The largest absolute Gasteiger partial charge is 0.481 e. The van der Waals surface area contributed by atoms with Gasteiger partial charge in [-0.2, -0.15) is 0 Å². The first-order valence-corrected chi connectivity index (χ1v) is 11.0. The number of nitrogens with one attached hydrogen (secondary N) is 2. The normalized spacial score (nSPS) is 11.4. The Kier molecular flexibility index (Phi) is 8.05. The molecule has 0 aliphatic rings. The maximum atomic E-state index is 13.1. The molecule has 1 unspecified atom stereocenters. The fraction of sp³-hybridized carbons (Fsp3) is 0.160. The summed E-state index contributed by atoms with van der Waals surface area (Å²) in [6, 6.07) is 24.3. The molecule has 3 aromatic rings. The minimum absolute atomic E-state index is 0.0823. The number of amides is 2. The predicted molar refractivity (Wildman–Crippen MR) is 127 cm³/mol. The van der Waals surface area contributed by atoms with Crippen molar-refractivity contribution >= 4 is 40.9 Å². The lowest BCUT2D eigenvalue weighted by Gasteiger charge is -2.17. The van der Waals surface area contributed by atoms with Crippen LogP contribution in [0, 0.1) is 6.92 Å². The van der Waals surface area contributed by atoms with Gasteiger partial charge in [0.2, 0.25) is 11.8 Å². The number of anilines is 2. The van der Waals surface area contributed by atoms with Crippen molar-refractivity contribution in [1.29, 1.82) is 0 Å². The van der Waals surface area contributed by atoms with Gasteiger partial charge in [-0.1, -0.05) is 42.5 Å². The van der Waals surface area contributed by atoms with Crippen LogP contribution in [0.5, 0.6) is 0 Å². The molecular formula is C25H24N2O4S. The molecule has 2 amide bonds. The van der Waals surface area contributed by atoms with Crippen LogP contribution in [0.3, 0.4) is 0 Å². The topological polar surface area (TPSA) is 95.5 Å². The Balaban J connectivity index is 1.71. The summed E-state index contributed by atoms with van der Waals surface area (Å²) >= 11 is 1.41. The zero-order valence-electron chi connectivity index (χ0n) is 17.6. The van der Waals surface area contributed by atoms with Crippen molar-refractivity contribution in [2.24, 2.45) is 0 Å². The Morgan fingerprint density at radius 2 is 1.56 bits per heavy atom. The summed E-state index contributed by atoms with van der Waals surface area (Å²) in [5.74, 6) is -1.49. The number of thioether (sulfide) groups is 1. The smallest absolute Gasteiger partial charge is 0.303 e. The van der Waals surface area contributed by atoms with Crippen LogP contribution in [-0.2, 0) is 14.4 Å². The van der Waals surface area contributed by atoms with E-state index in [9.17, 15) is 14.4 Å². The third-order valence-corrected chi connectivity index (χ3v) is 5.85. The molecule has 32 heavy (non-hydrogen) atoms. The monoisotopic (exact) mass is 448 g/mol. The molecule has 0 spiro atoms. The lowest BCUT2D eigenvalue weighted by molar-refractivity contribution is -0.138. The van der Waals surface area contributed by atoms with Gasteiger partial charge in [0.05, 0.1) is 6.42 Å². The van der Waals surface area contributed by atoms with Crippen molar-refractivity contribution in [1.82, 2.24) is 0 Å². The van der Waals surface area contributed by atoms with Crippen molar-refractivity contribution in [2.45, 2.75) is 29.9 Å². The van der Waals surface area contributed by atoms with Crippen LogP contribution in [0.4, 0.5) is 11.4 Å². The minimum Gasteiger partial charge on any atom is -0.481 e. The van der Waals surface area contributed by atoms with Crippen LogP contribution < -0.4 is 10.6 Å². The Labute approximate surface area is 191 Å². The molecule has 0 aliphatic carbocycles. The molecule has 3 aromatic carbocycles. The molecule has 0 aliphatic heterocycles. The molecule has 164 valence electrons. The number of carboxylic acid groups (broad SMARTS) is 1. The summed E-state index contributed by atoms with van der Waals surface area (Å²) in [6.45, 7) is 1.97. The number of aliphatic carboxylic acids is 1. The molecule has 6 nitrogen and oxygen atoms in total. The zero-order chi connectivity index (χ0) is 22.9. The summed E-state index contributed by atoms with van der Waals surface area (Å²) in [4.78, 5) is 36.4. The number of hydrogen-bond donors (Lipinski definition) is 3. The van der Waals surface area contributed by atoms with Gasteiger partial charge < -0.3 is 15.7 Å². The Morgan fingerprint density at radius 1 is 0.844 bits per heavy atom. The molecule has 3 N–H and O–H groups in total. The van der Waals surface area contributed by atoms with Crippen LogP contribution in [0.1, 0.15) is 29.2 Å². The van der Waals surface area contributed by atoms with Crippen LogP contribution in [-0.4, -0.2) is 22.9 Å². The number of benzene rings is 3. The van der Waals surface area contributed by atoms with Crippen molar-refractivity contribution in [2.75, 3.05) is 10.6 Å². The van der Waals surface area contributed by atoms with E-state index >= 15 is 0 Å². The fourth-order valence-electron chi connectivity index (χ4n) is 3.03. The quantitative estimate of drug-likeness (QED) is 0.388. The summed E-state index contributed by atoms with van der Waals surface area (Å²) in [6.07, 6.45) is -0.296. The second-order valence-corrected chi connectivity index (χ2v) is 8.41. The van der Waals surface area contributed by atoms with Crippen molar-refractivity contribution in [3.63, 3.8) is 0 Å². The molecule has 0 fully saturated rings. The third-order valence-electron chi connectivity index (χ3n) is 4.58. The molecule has 0 saturated carbocycles. The van der Waals surface area contributed by atoms with Gasteiger partial charge in [-0.25, -0.2) is 0 Å². The number of carbonyl (C=O) groups is 3. The molecule has 3 rings (SSSR count). The molecule has 0 aromatic heterocycles. The van der Waals surface area contributed by atoms with Crippen LogP contribution in [0.15, 0.2) is 83.8 Å². The van der Waals surface area contributed by atoms with Crippen LogP contribution >= 0.6 is 11.8 Å². The maximum Gasteiger partial charge on any atom is 0.303 e. The van der Waals surface area contributed by atoms with Gasteiger partial charge >= 0.3 is 5.97 Å². The van der Waals surface area contributed by atoms with E-state index in [-0.39, 0.29) is 24.7 Å². The molecule has 0 bridgehead atoms. The van der Waals surface area contributed by atoms with E-state index in [0.717, 1.165) is 21.7 Å². The highest BCUT2D eigenvalue weighted by atomic mass is 32.2. The number of carbonyl (C=O) groups excluding carboxylic acids is 2. The van der Waals surface area contributed by atoms with E-state index in [0.29, 0.717) is 5.69 Å². The Morgan fingerprint density at radius 3 is 2.22 bits per heavy atom. The van der Waals surface area contributed by atoms with Crippen molar-refractivity contribution in [3.8, 4) is 0 Å². The third kappa shape index (κ3) is 6.99. The van der Waals surface area contributed by atoms with Gasteiger partial charge in [-0.15, -0.1) is 11.8 Å². The number of carboxylic acids is 1. The van der Waals surface area contributed by atoms with Gasteiger partial charge in [0, 0.05) is 22.7 Å². The van der Waals surface area contributed by atoms with E-state index < -0.39 is 11.2 Å². The fourth-order valence-corrected chi connectivity index (χ4v) is 4.05. The maximum absolute atomic E-state index is 13.1. The standard InChI is InChI=1S/C25H24N2O4S/c1-17-6-5-9-20(16-17)27-25(31)24(18-7-3-2-4-8-18)32-21-12-10-19(11-13-21)26-22(28)14-15-23(29)30/h2-13,16,24H,14-15H2,1H3,(H,26,28)(H,27,31)(H,29,30). The average molecular weight is 449 g/mol. The lowest BCUT2D eigenvalue weighted by atomic mass is 10.1. The van der Waals surface area contributed by atoms with E-state index in [4.69, 9.17) is 5.11 Å². The van der Waals surface area contributed by atoms with Crippen LogP contribution in [0.2, 0.25) is 0 Å². The van der Waals surface area contributed by atoms with E-state index in [1.807, 2.05) is 73.7 Å². The first-order valence-electron chi connectivity index (χ1n) is 10.1. The highest BCUT2D eigenvalue weighted by Gasteiger charge is 2.22. The summed E-state index contributed by atoms with van der Waals surface area (Å²) in [7, 11) is 0. The highest BCUT2D eigenvalue weighted by molar-refractivity contribution is 8.00. The van der Waals surface area contributed by atoms with Crippen LogP contribution in [0.25, 0.3) is 0 Å². The first-order chi connectivity index (χ1) is 15.4. The average Bonchev–Trinajstić information content (AvgIpc) is 2.77. The molecule has 1 atom stereocenters. The van der Waals surface area contributed by atoms with Gasteiger partial charge in [0.1, 0.15) is 5.25 Å². The van der Waals surface area contributed by atoms with Gasteiger partial charge in [-0.05, 0) is 54.4 Å². The lowest BCUT2D eigenvalue weighted by Crippen LogP contribution is -2.19. The van der Waals surface area contributed by atoms with Gasteiger partial charge in [0.25, 0.3) is 0 Å². The Hall–Kier alpha value is -3.58. The first kappa shape index (κ1) is 23.1. The second kappa shape index (κ2) is 11.2. The van der Waals surface area contributed by atoms with Crippen molar-refractivity contribution in [3.05, 3.63) is 90.0 Å². The predicted octanol–water partition coefficient (Wildman–Crippen LogP) is 5.27. The van der Waals surface area contributed by atoms with E-state index in [2.05, 4.69) is 10.6 Å². The zero-order valence-corrected chi connectivity index (χ0v) is 18.4. The number of aryl methyl sites for hydroxylation is 1.